The molecule has 11 nitrogen and oxygen atoms in total. The topological polar surface area (TPSA) is 132 Å². The van der Waals surface area contributed by atoms with Gasteiger partial charge in [-0.3, -0.25) is 4.79 Å². The highest BCUT2D eigenvalue weighted by atomic mass is 16.5. The van der Waals surface area contributed by atoms with Crippen LogP contribution in [0.3, 0.4) is 0 Å². The Morgan fingerprint density at radius 1 is 1.19 bits per heavy atom. The second-order valence-corrected chi connectivity index (χ2v) is 8.17. The number of nitrogens with one attached hydrogen (secondary N) is 3. The fraction of sp³-hybridized carbons (Fsp3) is 0.360. The number of hydrazone groups is 1. The summed E-state index contributed by atoms with van der Waals surface area (Å²) in [5, 5.41) is 9.32. The van der Waals surface area contributed by atoms with Crippen molar-refractivity contribution < 1.29 is 28.6 Å². The minimum atomic E-state index is -0.747. The molecule has 2 aromatic rings. The van der Waals surface area contributed by atoms with Crippen LogP contribution in [0.5, 0.6) is 11.5 Å². The van der Waals surface area contributed by atoms with Crippen LogP contribution in [-0.4, -0.2) is 49.0 Å². The van der Waals surface area contributed by atoms with E-state index in [1.165, 1.54) is 7.11 Å². The maximum absolute atomic E-state index is 12.5. The van der Waals surface area contributed by atoms with Gasteiger partial charge in [0.05, 0.1) is 31.5 Å². The quantitative estimate of drug-likeness (QED) is 0.277. The molecule has 1 aromatic carbocycles. The number of methoxy groups -OCH3 is 1. The lowest BCUT2D eigenvalue weighted by atomic mass is 9.95. The molecule has 1 aliphatic heterocycles. The normalized spacial score (nSPS) is 15.4. The van der Waals surface area contributed by atoms with E-state index in [-0.39, 0.29) is 18.8 Å². The van der Waals surface area contributed by atoms with E-state index in [0.717, 1.165) is 17.0 Å². The summed E-state index contributed by atoms with van der Waals surface area (Å²) in [5.74, 6) is -0.345. The number of esters is 1. The number of nitrogens with zero attached hydrogens (tertiary/aromatic N) is 2. The molecule has 0 fully saturated rings. The Hall–Kier alpha value is -4.28. The van der Waals surface area contributed by atoms with Crippen LogP contribution in [0.1, 0.15) is 42.4 Å². The van der Waals surface area contributed by atoms with Gasteiger partial charge in [-0.1, -0.05) is 6.07 Å². The van der Waals surface area contributed by atoms with E-state index in [4.69, 9.17) is 14.2 Å². The first-order valence-electron chi connectivity index (χ1n) is 11.4. The summed E-state index contributed by atoms with van der Waals surface area (Å²) in [6.07, 6.45) is 1.58. The summed E-state index contributed by atoms with van der Waals surface area (Å²) in [6, 6.07) is 5.70. The zero-order valence-electron chi connectivity index (χ0n) is 21.2. The number of aryl methyl sites for hydroxylation is 1. The number of hydrogen-bond donors (Lipinski definition) is 3. The molecule has 3 amide bonds. The van der Waals surface area contributed by atoms with Gasteiger partial charge in [-0.15, -0.1) is 0 Å². The molecule has 0 bridgehead atoms. The molecule has 192 valence electrons. The second kappa shape index (κ2) is 11.4. The highest BCUT2D eigenvalue weighted by molar-refractivity contribution is 5.95. The Bertz CT molecular complexity index is 1230. The lowest BCUT2D eigenvalue weighted by Crippen LogP contribution is -2.45. The molecule has 1 atom stereocenters. The molecule has 0 saturated heterocycles. The monoisotopic (exact) mass is 497 g/mol. The van der Waals surface area contributed by atoms with Gasteiger partial charge >= 0.3 is 12.0 Å². The lowest BCUT2D eigenvalue weighted by Gasteiger charge is -2.28. The average Bonchev–Trinajstić information content (AvgIpc) is 3.08. The van der Waals surface area contributed by atoms with Crippen molar-refractivity contribution in [2.24, 2.45) is 12.1 Å². The zero-order valence-corrected chi connectivity index (χ0v) is 21.2. The third-order valence-corrected chi connectivity index (χ3v) is 5.85. The van der Waals surface area contributed by atoms with Crippen LogP contribution in [-0.2, 0) is 21.4 Å². The highest BCUT2D eigenvalue weighted by Crippen LogP contribution is 2.34. The summed E-state index contributed by atoms with van der Waals surface area (Å²) in [4.78, 5) is 36.8. The smallest absolute Gasteiger partial charge is 0.338 e. The molecule has 0 saturated carbocycles. The van der Waals surface area contributed by atoms with Gasteiger partial charge in [0.2, 0.25) is 0 Å². The van der Waals surface area contributed by atoms with Gasteiger partial charge in [0.25, 0.3) is 5.91 Å². The first kappa shape index (κ1) is 26.3. The fourth-order valence-corrected chi connectivity index (χ4v) is 3.77. The lowest BCUT2D eigenvalue weighted by molar-refractivity contribution is -0.139. The number of rotatable bonds is 9. The number of urea groups is 1. The molecule has 11 heteroatoms. The fourth-order valence-electron chi connectivity index (χ4n) is 3.77. The van der Waals surface area contributed by atoms with Gasteiger partial charge in [0.1, 0.15) is 0 Å². The summed E-state index contributed by atoms with van der Waals surface area (Å²) in [6.45, 7) is 7.20. The van der Waals surface area contributed by atoms with Gasteiger partial charge < -0.3 is 29.4 Å². The van der Waals surface area contributed by atoms with Gasteiger partial charge in [-0.05, 0) is 51.5 Å². The molecule has 3 rings (SSSR count). The summed E-state index contributed by atoms with van der Waals surface area (Å²) < 4.78 is 18.2. The van der Waals surface area contributed by atoms with Crippen molar-refractivity contribution in [2.45, 2.75) is 33.7 Å². The Morgan fingerprint density at radius 3 is 2.58 bits per heavy atom. The zero-order chi connectivity index (χ0) is 26.4. The molecule has 1 aliphatic rings. The minimum Gasteiger partial charge on any atom is -0.493 e. The van der Waals surface area contributed by atoms with E-state index in [1.54, 1.807) is 38.3 Å². The third kappa shape index (κ3) is 5.85. The number of allylic oxidation sites excluding steroid dienone is 1. The summed E-state index contributed by atoms with van der Waals surface area (Å²) >= 11 is 0. The first-order chi connectivity index (χ1) is 17.2. The Morgan fingerprint density at radius 2 is 1.94 bits per heavy atom. The predicted octanol–water partition coefficient (Wildman–Crippen LogP) is 2.37. The SMILES string of the molecule is CCOC(=O)C1=C(C)NC(=O)N[C@@H]1c1ccc(OCC(=O)N/N=C\c2cc(C)n(C)c2C)c(OC)c1. The number of carbonyl (C=O) groups excluding carboxylic acids is 3. The number of aromatic nitrogens is 1. The number of amides is 3. The van der Waals surface area contributed by atoms with Crippen molar-refractivity contribution in [3.05, 3.63) is 58.1 Å². The highest BCUT2D eigenvalue weighted by Gasteiger charge is 2.32. The Labute approximate surface area is 209 Å². The van der Waals surface area contributed by atoms with Crippen molar-refractivity contribution in [3.63, 3.8) is 0 Å². The molecule has 3 N–H and O–H groups in total. The van der Waals surface area contributed by atoms with Crippen molar-refractivity contribution in [1.29, 1.82) is 0 Å². The van der Waals surface area contributed by atoms with Crippen LogP contribution in [0.2, 0.25) is 0 Å². The molecular weight excluding hydrogens is 466 g/mol. The maximum Gasteiger partial charge on any atom is 0.338 e. The van der Waals surface area contributed by atoms with Gasteiger partial charge in [0.15, 0.2) is 18.1 Å². The standard InChI is InChI=1S/C25H31N5O6/c1-7-35-24(32)22-15(3)27-25(33)28-23(22)17-8-9-19(20(11-17)34-6)36-13-21(31)29-26-12-18-10-14(2)30(5)16(18)4/h8-12,23H,7,13H2,1-6H3,(H,29,31)(H2,27,28,33)/b26-12-/t23-/m1/s1. The number of benzene rings is 1. The van der Waals surface area contributed by atoms with Crippen LogP contribution in [0.25, 0.3) is 0 Å². The molecular formula is C25H31N5O6. The third-order valence-electron chi connectivity index (χ3n) is 5.85. The van der Waals surface area contributed by atoms with Crippen molar-refractivity contribution in [2.75, 3.05) is 20.3 Å². The van der Waals surface area contributed by atoms with Crippen LogP contribution in [0, 0.1) is 13.8 Å². The first-order valence-corrected chi connectivity index (χ1v) is 11.4. The molecule has 0 unspecified atom stereocenters. The number of carbonyl (C=O) groups is 3. The summed E-state index contributed by atoms with van der Waals surface area (Å²) in [5.41, 5.74) is 6.74. The largest absolute Gasteiger partial charge is 0.493 e. The van der Waals surface area contributed by atoms with Gasteiger partial charge in [0, 0.05) is 29.7 Å². The number of hydrogen-bond acceptors (Lipinski definition) is 7. The van der Waals surface area contributed by atoms with Gasteiger partial charge in [-0.25, -0.2) is 15.0 Å². The van der Waals surface area contributed by atoms with E-state index in [1.807, 2.05) is 31.5 Å². The minimum absolute atomic E-state index is 0.198. The van der Waals surface area contributed by atoms with Crippen molar-refractivity contribution >= 4 is 24.1 Å². The van der Waals surface area contributed by atoms with Crippen LogP contribution < -0.4 is 25.5 Å². The molecule has 36 heavy (non-hydrogen) atoms. The van der Waals surface area contributed by atoms with E-state index >= 15 is 0 Å². The molecule has 0 radical (unpaired) electrons. The van der Waals surface area contributed by atoms with Crippen molar-refractivity contribution in [3.8, 4) is 11.5 Å². The second-order valence-electron chi connectivity index (χ2n) is 8.17. The van der Waals surface area contributed by atoms with Crippen LogP contribution >= 0.6 is 0 Å². The molecule has 0 aliphatic carbocycles. The Kier molecular flexibility index (Phi) is 8.36. The number of ether oxygens (including phenoxy) is 3. The van der Waals surface area contributed by atoms with E-state index < -0.39 is 23.9 Å². The van der Waals surface area contributed by atoms with E-state index in [0.29, 0.717) is 22.8 Å². The molecule has 2 heterocycles. The average molecular weight is 498 g/mol. The summed E-state index contributed by atoms with van der Waals surface area (Å²) in [7, 11) is 3.41. The van der Waals surface area contributed by atoms with Crippen LogP contribution in [0.15, 0.2) is 40.6 Å². The van der Waals surface area contributed by atoms with Crippen molar-refractivity contribution in [1.82, 2.24) is 20.6 Å². The predicted molar refractivity (Wildman–Crippen MR) is 133 cm³/mol. The van der Waals surface area contributed by atoms with E-state index in [2.05, 4.69) is 21.2 Å². The van der Waals surface area contributed by atoms with Gasteiger partial charge in [-0.2, -0.15) is 5.10 Å². The maximum atomic E-state index is 12.5. The molecule has 1 aromatic heterocycles. The molecule has 0 spiro atoms. The Balaban J connectivity index is 1.70. The van der Waals surface area contributed by atoms with Crippen LogP contribution in [0.4, 0.5) is 4.79 Å². The van der Waals surface area contributed by atoms with E-state index in [9.17, 15) is 14.4 Å².